The third-order valence-electron chi connectivity index (χ3n) is 3.37. The molecule has 94 valence electrons. The first-order valence-electron chi connectivity index (χ1n) is 6.18. The molecule has 2 N–H and O–H groups in total. The molecule has 1 aromatic rings. The molecule has 0 radical (unpaired) electrons. The Morgan fingerprint density at radius 2 is 2.06 bits per heavy atom. The van der Waals surface area contributed by atoms with Crippen molar-refractivity contribution in [3.05, 3.63) is 12.1 Å². The fourth-order valence-corrected chi connectivity index (χ4v) is 2.24. The molecule has 1 saturated carbocycles. The molecule has 2 rings (SSSR count). The Balaban J connectivity index is 2.11. The fourth-order valence-electron chi connectivity index (χ4n) is 2.24. The van der Waals surface area contributed by atoms with Crippen LogP contribution in [-0.2, 0) is 0 Å². The number of rotatable bonds is 3. The summed E-state index contributed by atoms with van der Waals surface area (Å²) in [6.07, 6.45) is 5.04. The second-order valence-corrected chi connectivity index (χ2v) is 4.67. The summed E-state index contributed by atoms with van der Waals surface area (Å²) in [5, 5.41) is 0. The molecule has 0 aromatic carbocycles. The molecular weight excluding hydrogens is 216 g/mol. The maximum Gasteiger partial charge on any atom is 0.240 e. The van der Waals surface area contributed by atoms with Gasteiger partial charge in [0.25, 0.3) is 0 Å². The van der Waals surface area contributed by atoms with Crippen molar-refractivity contribution in [2.45, 2.75) is 38.7 Å². The Kier molecular flexibility index (Phi) is 3.71. The Labute approximate surface area is 102 Å². The monoisotopic (exact) mass is 236 g/mol. The minimum atomic E-state index is 0.227. The van der Waals surface area contributed by atoms with Crippen molar-refractivity contribution in [1.82, 2.24) is 4.98 Å². The van der Waals surface area contributed by atoms with E-state index >= 15 is 0 Å². The molecule has 1 fully saturated rings. The number of nitrogen functional groups attached to an aromatic ring is 1. The normalized spacial score (nSPS) is 24.4. The summed E-state index contributed by atoms with van der Waals surface area (Å²) < 4.78 is 11.0. The zero-order chi connectivity index (χ0) is 12.3. The summed E-state index contributed by atoms with van der Waals surface area (Å²) in [4.78, 5) is 4.25. The van der Waals surface area contributed by atoms with Gasteiger partial charge in [-0.05, 0) is 31.2 Å². The van der Waals surface area contributed by atoms with Crippen molar-refractivity contribution in [2.24, 2.45) is 5.92 Å². The highest BCUT2D eigenvalue weighted by Gasteiger charge is 2.24. The summed E-state index contributed by atoms with van der Waals surface area (Å²) in [6, 6.07) is 3.52. The van der Waals surface area contributed by atoms with Gasteiger partial charge in [0.1, 0.15) is 6.10 Å². The van der Waals surface area contributed by atoms with Gasteiger partial charge in [0, 0.05) is 6.07 Å². The van der Waals surface area contributed by atoms with Gasteiger partial charge in [-0.25, -0.2) is 0 Å². The first-order chi connectivity index (χ1) is 8.20. The van der Waals surface area contributed by atoms with E-state index in [9.17, 15) is 0 Å². The highest BCUT2D eigenvalue weighted by Crippen LogP contribution is 2.30. The smallest absolute Gasteiger partial charge is 0.240 e. The lowest BCUT2D eigenvalue weighted by Crippen LogP contribution is -2.28. The molecular formula is C13H20N2O2. The fraction of sp³-hybridized carbons (Fsp3) is 0.615. The van der Waals surface area contributed by atoms with Crippen LogP contribution in [0.5, 0.6) is 11.8 Å². The van der Waals surface area contributed by atoms with Gasteiger partial charge in [-0.3, -0.25) is 0 Å². The van der Waals surface area contributed by atoms with Crippen LogP contribution in [0.1, 0.15) is 32.6 Å². The standard InChI is InChI=1S/C13H20N2O2/c1-9-5-3-4-6-11(9)17-13-10(14)7-8-12(15-13)16-2/h7-9,11H,3-6,14H2,1-2H3. The predicted octanol–water partition coefficient (Wildman–Crippen LogP) is 2.63. The molecule has 4 nitrogen and oxygen atoms in total. The Bertz CT molecular complexity index is 382. The minimum absolute atomic E-state index is 0.227. The van der Waals surface area contributed by atoms with Crippen LogP contribution in [0, 0.1) is 5.92 Å². The number of nitrogens with zero attached hydrogens (tertiary/aromatic N) is 1. The van der Waals surface area contributed by atoms with Crippen LogP contribution < -0.4 is 15.2 Å². The quantitative estimate of drug-likeness (QED) is 0.876. The largest absolute Gasteiger partial charge is 0.481 e. The van der Waals surface area contributed by atoms with Crippen LogP contribution in [0.3, 0.4) is 0 Å². The van der Waals surface area contributed by atoms with E-state index in [0.29, 0.717) is 23.4 Å². The summed E-state index contributed by atoms with van der Waals surface area (Å²) >= 11 is 0. The summed E-state index contributed by atoms with van der Waals surface area (Å²) in [6.45, 7) is 2.22. The molecule has 4 heteroatoms. The number of ether oxygens (including phenoxy) is 2. The Morgan fingerprint density at radius 1 is 1.29 bits per heavy atom. The van der Waals surface area contributed by atoms with E-state index in [1.807, 2.05) is 0 Å². The maximum absolute atomic E-state index is 5.92. The van der Waals surface area contributed by atoms with Crippen molar-refractivity contribution in [2.75, 3.05) is 12.8 Å². The Morgan fingerprint density at radius 3 is 2.76 bits per heavy atom. The Hall–Kier alpha value is -1.45. The zero-order valence-electron chi connectivity index (χ0n) is 10.5. The summed E-state index contributed by atoms with van der Waals surface area (Å²) in [5.41, 5.74) is 6.44. The van der Waals surface area contributed by atoms with E-state index in [4.69, 9.17) is 15.2 Å². The molecule has 1 heterocycles. The molecule has 1 aromatic heterocycles. The lowest BCUT2D eigenvalue weighted by molar-refractivity contribution is 0.0977. The molecule has 1 aliphatic rings. The molecule has 0 spiro atoms. The third-order valence-corrected chi connectivity index (χ3v) is 3.37. The second kappa shape index (κ2) is 5.25. The second-order valence-electron chi connectivity index (χ2n) is 4.67. The molecule has 17 heavy (non-hydrogen) atoms. The highest BCUT2D eigenvalue weighted by molar-refractivity contribution is 5.49. The van der Waals surface area contributed by atoms with Crippen LogP contribution in [-0.4, -0.2) is 18.2 Å². The van der Waals surface area contributed by atoms with Crippen molar-refractivity contribution in [3.63, 3.8) is 0 Å². The van der Waals surface area contributed by atoms with E-state index in [1.54, 1.807) is 19.2 Å². The average Bonchev–Trinajstić information content (AvgIpc) is 2.35. The lowest BCUT2D eigenvalue weighted by atomic mass is 9.88. The van der Waals surface area contributed by atoms with Crippen LogP contribution in [0.4, 0.5) is 5.69 Å². The molecule has 0 aliphatic heterocycles. The number of pyridine rings is 1. The third kappa shape index (κ3) is 2.81. The van der Waals surface area contributed by atoms with E-state index in [2.05, 4.69) is 11.9 Å². The molecule has 0 bridgehead atoms. The van der Waals surface area contributed by atoms with Gasteiger partial charge >= 0.3 is 0 Å². The van der Waals surface area contributed by atoms with E-state index in [-0.39, 0.29) is 6.10 Å². The number of nitrogens with two attached hydrogens (primary N) is 1. The highest BCUT2D eigenvalue weighted by atomic mass is 16.5. The first kappa shape index (κ1) is 12.0. The molecule has 2 atom stereocenters. The topological polar surface area (TPSA) is 57.4 Å². The number of hydrogen-bond donors (Lipinski definition) is 1. The van der Waals surface area contributed by atoms with E-state index in [0.717, 1.165) is 6.42 Å². The van der Waals surface area contributed by atoms with Gasteiger partial charge in [-0.15, -0.1) is 0 Å². The predicted molar refractivity (Wildman–Crippen MR) is 67.2 cm³/mol. The molecule has 0 saturated heterocycles. The van der Waals surface area contributed by atoms with Gasteiger partial charge in [0.2, 0.25) is 11.8 Å². The van der Waals surface area contributed by atoms with Gasteiger partial charge in [0.15, 0.2) is 0 Å². The zero-order valence-corrected chi connectivity index (χ0v) is 10.5. The van der Waals surface area contributed by atoms with Gasteiger partial charge in [0.05, 0.1) is 12.8 Å². The van der Waals surface area contributed by atoms with Crippen molar-refractivity contribution >= 4 is 5.69 Å². The van der Waals surface area contributed by atoms with E-state index in [1.165, 1.54) is 19.3 Å². The SMILES string of the molecule is COc1ccc(N)c(OC2CCCCC2C)n1. The maximum atomic E-state index is 5.92. The number of hydrogen-bond acceptors (Lipinski definition) is 4. The van der Waals surface area contributed by atoms with Gasteiger partial charge < -0.3 is 15.2 Å². The van der Waals surface area contributed by atoms with Crippen LogP contribution >= 0.6 is 0 Å². The van der Waals surface area contributed by atoms with Crippen molar-refractivity contribution in [3.8, 4) is 11.8 Å². The molecule has 0 amide bonds. The number of anilines is 1. The van der Waals surface area contributed by atoms with Crippen LogP contribution in [0.15, 0.2) is 12.1 Å². The average molecular weight is 236 g/mol. The van der Waals surface area contributed by atoms with Gasteiger partial charge in [-0.2, -0.15) is 4.98 Å². The van der Waals surface area contributed by atoms with E-state index < -0.39 is 0 Å². The molecule has 2 unspecified atom stereocenters. The van der Waals surface area contributed by atoms with Crippen molar-refractivity contribution < 1.29 is 9.47 Å². The summed E-state index contributed by atoms with van der Waals surface area (Å²) in [7, 11) is 1.59. The summed E-state index contributed by atoms with van der Waals surface area (Å²) in [5.74, 6) is 1.61. The first-order valence-corrected chi connectivity index (χ1v) is 6.18. The van der Waals surface area contributed by atoms with Crippen LogP contribution in [0.2, 0.25) is 0 Å². The number of aromatic nitrogens is 1. The molecule has 1 aliphatic carbocycles. The minimum Gasteiger partial charge on any atom is -0.481 e. The number of methoxy groups -OCH3 is 1. The van der Waals surface area contributed by atoms with Crippen molar-refractivity contribution in [1.29, 1.82) is 0 Å². The lowest BCUT2D eigenvalue weighted by Gasteiger charge is -2.29. The van der Waals surface area contributed by atoms with Gasteiger partial charge in [-0.1, -0.05) is 13.3 Å². The van der Waals surface area contributed by atoms with Crippen LogP contribution in [0.25, 0.3) is 0 Å².